The fourth-order valence-corrected chi connectivity index (χ4v) is 2.36. The lowest BCUT2D eigenvalue weighted by molar-refractivity contribution is 0.0511. The Bertz CT molecular complexity index is 316. The van der Waals surface area contributed by atoms with Gasteiger partial charge in [0.2, 0.25) is 0 Å². The van der Waals surface area contributed by atoms with E-state index < -0.39 is 5.60 Å². The van der Waals surface area contributed by atoms with Crippen molar-refractivity contribution in [2.24, 2.45) is 0 Å². The zero-order chi connectivity index (χ0) is 10.9. The molecule has 0 aliphatic carbocycles. The molecule has 0 spiro atoms. The van der Waals surface area contributed by atoms with Crippen LogP contribution in [0.1, 0.15) is 19.0 Å². The summed E-state index contributed by atoms with van der Waals surface area (Å²) < 4.78 is 0. The summed E-state index contributed by atoms with van der Waals surface area (Å²) in [5, 5.41) is 10.4. The zero-order valence-electron chi connectivity index (χ0n) is 9.35. The van der Waals surface area contributed by atoms with Gasteiger partial charge in [-0.05, 0) is 32.5 Å². The molecule has 3 nitrogen and oxygen atoms in total. The van der Waals surface area contributed by atoms with Gasteiger partial charge >= 0.3 is 0 Å². The Balaban J connectivity index is 2.06. The third-order valence-corrected chi connectivity index (χ3v) is 3.21. The summed E-state index contributed by atoms with van der Waals surface area (Å²) >= 11 is 0. The van der Waals surface area contributed by atoms with Crippen LogP contribution < -0.4 is 0 Å². The van der Waals surface area contributed by atoms with Gasteiger partial charge in [-0.1, -0.05) is 6.07 Å². The first-order valence-corrected chi connectivity index (χ1v) is 5.42. The number of likely N-dealkylation sites (N-methyl/N-ethyl adjacent to an activating group) is 1. The first-order chi connectivity index (χ1) is 7.09. The summed E-state index contributed by atoms with van der Waals surface area (Å²) in [5.74, 6) is 0. The predicted molar refractivity (Wildman–Crippen MR) is 59.6 cm³/mol. The first kappa shape index (κ1) is 10.6. The van der Waals surface area contributed by atoms with E-state index in [0.717, 1.165) is 18.7 Å². The number of aliphatic hydroxyl groups is 1. The molecule has 1 saturated heterocycles. The van der Waals surface area contributed by atoms with Crippen molar-refractivity contribution in [2.75, 3.05) is 13.6 Å². The van der Waals surface area contributed by atoms with Crippen LogP contribution in [0.2, 0.25) is 0 Å². The van der Waals surface area contributed by atoms with Crippen LogP contribution in [0.3, 0.4) is 0 Å². The number of aromatic nitrogens is 1. The Morgan fingerprint density at radius 3 is 2.93 bits per heavy atom. The molecule has 1 aromatic rings. The number of likely N-dealkylation sites (tertiary alicyclic amines) is 1. The van der Waals surface area contributed by atoms with Gasteiger partial charge in [0.25, 0.3) is 0 Å². The van der Waals surface area contributed by atoms with Crippen LogP contribution in [0.4, 0.5) is 0 Å². The molecule has 2 rings (SSSR count). The molecule has 1 N–H and O–H groups in total. The molecule has 1 fully saturated rings. The second kappa shape index (κ2) is 3.91. The molecule has 1 aromatic heterocycles. The molecule has 15 heavy (non-hydrogen) atoms. The third-order valence-electron chi connectivity index (χ3n) is 3.21. The number of hydrogen-bond acceptors (Lipinski definition) is 3. The summed E-state index contributed by atoms with van der Waals surface area (Å²) in [7, 11) is 2.06. The van der Waals surface area contributed by atoms with Crippen LogP contribution in [-0.4, -0.2) is 40.2 Å². The van der Waals surface area contributed by atoms with Gasteiger partial charge in [-0.3, -0.25) is 4.98 Å². The lowest BCUT2D eigenvalue weighted by Gasteiger charge is -2.21. The van der Waals surface area contributed by atoms with Crippen molar-refractivity contribution < 1.29 is 5.11 Å². The van der Waals surface area contributed by atoms with E-state index in [1.165, 1.54) is 0 Å². The summed E-state index contributed by atoms with van der Waals surface area (Å²) in [6.07, 6.45) is 3.27. The number of nitrogens with zero attached hydrogens (tertiary/aromatic N) is 2. The number of β-amino-alcohol motifs (C(OH)–C–C–N with tert-alkyl or cyclic N) is 1. The molecular formula is C12H18N2O. The normalized spacial score (nSPS) is 32.1. The van der Waals surface area contributed by atoms with Crippen molar-refractivity contribution in [3.63, 3.8) is 0 Å². The van der Waals surface area contributed by atoms with Crippen molar-refractivity contribution in [3.8, 4) is 0 Å². The lowest BCUT2D eigenvalue weighted by Crippen LogP contribution is -2.34. The van der Waals surface area contributed by atoms with Gasteiger partial charge in [-0.25, -0.2) is 0 Å². The first-order valence-electron chi connectivity index (χ1n) is 5.42. The Morgan fingerprint density at radius 1 is 1.60 bits per heavy atom. The topological polar surface area (TPSA) is 36.4 Å². The fraction of sp³-hybridized carbons (Fsp3) is 0.583. The van der Waals surface area contributed by atoms with E-state index in [1.807, 2.05) is 18.2 Å². The molecule has 2 heterocycles. The standard InChI is InChI=1S/C12H18N2O/c1-10-7-12(15,9-14(10)2)8-11-5-3-4-6-13-11/h3-6,10,15H,7-9H2,1-2H3. The molecular weight excluding hydrogens is 188 g/mol. The van der Waals surface area contributed by atoms with Crippen molar-refractivity contribution in [2.45, 2.75) is 31.4 Å². The molecule has 0 amide bonds. The van der Waals surface area contributed by atoms with Gasteiger partial charge in [-0.15, -0.1) is 0 Å². The Labute approximate surface area is 90.8 Å². The number of rotatable bonds is 2. The van der Waals surface area contributed by atoms with Crippen LogP contribution in [0, 0.1) is 0 Å². The average molecular weight is 206 g/mol. The maximum atomic E-state index is 10.4. The van der Waals surface area contributed by atoms with Crippen molar-refractivity contribution in [3.05, 3.63) is 30.1 Å². The number of hydrogen-bond donors (Lipinski definition) is 1. The maximum Gasteiger partial charge on any atom is 0.0844 e. The summed E-state index contributed by atoms with van der Waals surface area (Å²) in [6.45, 7) is 2.89. The average Bonchev–Trinajstić information content (AvgIpc) is 2.42. The Kier molecular flexibility index (Phi) is 2.76. The molecule has 1 aliphatic rings. The predicted octanol–water partition coefficient (Wildman–Crippen LogP) is 1.08. The van der Waals surface area contributed by atoms with Gasteiger partial charge in [0.05, 0.1) is 5.60 Å². The highest BCUT2D eigenvalue weighted by Gasteiger charge is 2.38. The zero-order valence-corrected chi connectivity index (χ0v) is 9.35. The van der Waals surface area contributed by atoms with Crippen LogP contribution in [0.15, 0.2) is 24.4 Å². The quantitative estimate of drug-likeness (QED) is 0.786. The molecule has 3 heteroatoms. The van der Waals surface area contributed by atoms with E-state index in [9.17, 15) is 5.11 Å². The van der Waals surface area contributed by atoms with Crippen LogP contribution >= 0.6 is 0 Å². The van der Waals surface area contributed by atoms with Crippen molar-refractivity contribution in [1.29, 1.82) is 0 Å². The minimum atomic E-state index is -0.595. The molecule has 0 saturated carbocycles. The smallest absolute Gasteiger partial charge is 0.0844 e. The maximum absolute atomic E-state index is 10.4. The van der Waals surface area contributed by atoms with E-state index >= 15 is 0 Å². The lowest BCUT2D eigenvalue weighted by atomic mass is 9.95. The van der Waals surface area contributed by atoms with Gasteiger partial charge in [0.15, 0.2) is 0 Å². The molecule has 2 unspecified atom stereocenters. The van der Waals surface area contributed by atoms with Crippen molar-refractivity contribution in [1.82, 2.24) is 9.88 Å². The summed E-state index contributed by atoms with van der Waals surface area (Å²) in [6, 6.07) is 6.30. The molecule has 82 valence electrons. The van der Waals surface area contributed by atoms with Crippen LogP contribution in [-0.2, 0) is 6.42 Å². The molecule has 2 atom stereocenters. The highest BCUT2D eigenvalue weighted by atomic mass is 16.3. The second-order valence-corrected chi connectivity index (χ2v) is 4.69. The monoisotopic (exact) mass is 206 g/mol. The number of pyridine rings is 1. The minimum absolute atomic E-state index is 0.457. The summed E-state index contributed by atoms with van der Waals surface area (Å²) in [5.41, 5.74) is 0.380. The third kappa shape index (κ3) is 2.36. The van der Waals surface area contributed by atoms with E-state index in [1.54, 1.807) is 6.20 Å². The largest absolute Gasteiger partial charge is 0.388 e. The van der Waals surface area contributed by atoms with Gasteiger partial charge in [0, 0.05) is 30.9 Å². The van der Waals surface area contributed by atoms with Gasteiger partial charge in [-0.2, -0.15) is 0 Å². The van der Waals surface area contributed by atoms with Crippen molar-refractivity contribution >= 4 is 0 Å². The van der Waals surface area contributed by atoms with E-state index in [0.29, 0.717) is 12.5 Å². The van der Waals surface area contributed by atoms with Crippen LogP contribution in [0.5, 0.6) is 0 Å². The van der Waals surface area contributed by atoms with Gasteiger partial charge < -0.3 is 10.0 Å². The summed E-state index contributed by atoms with van der Waals surface area (Å²) in [4.78, 5) is 6.46. The van der Waals surface area contributed by atoms with E-state index in [2.05, 4.69) is 23.9 Å². The molecule has 0 bridgehead atoms. The highest BCUT2D eigenvalue weighted by Crippen LogP contribution is 2.28. The van der Waals surface area contributed by atoms with E-state index in [-0.39, 0.29) is 0 Å². The van der Waals surface area contributed by atoms with Gasteiger partial charge in [0.1, 0.15) is 0 Å². The SMILES string of the molecule is CC1CC(O)(Cc2ccccn2)CN1C. The molecule has 0 aromatic carbocycles. The minimum Gasteiger partial charge on any atom is -0.388 e. The second-order valence-electron chi connectivity index (χ2n) is 4.69. The Hall–Kier alpha value is -0.930. The van der Waals surface area contributed by atoms with Crippen LogP contribution in [0.25, 0.3) is 0 Å². The molecule has 1 aliphatic heterocycles. The molecule has 0 radical (unpaired) electrons. The Morgan fingerprint density at radius 2 is 2.40 bits per heavy atom. The fourth-order valence-electron chi connectivity index (χ4n) is 2.36. The highest BCUT2D eigenvalue weighted by molar-refractivity contribution is 5.09. The van der Waals surface area contributed by atoms with E-state index in [4.69, 9.17) is 0 Å².